The maximum atomic E-state index is 13.4. The van der Waals surface area contributed by atoms with Crippen LogP contribution < -0.4 is 5.32 Å². The second kappa shape index (κ2) is 7.60. The Morgan fingerprint density at radius 1 is 1.09 bits per heavy atom. The van der Waals surface area contributed by atoms with Gasteiger partial charge in [-0.3, -0.25) is 9.59 Å². The Kier molecular flexibility index (Phi) is 5.11. The fourth-order valence-electron chi connectivity index (χ4n) is 7.16. The van der Waals surface area contributed by atoms with Gasteiger partial charge in [-0.15, -0.1) is 0 Å². The summed E-state index contributed by atoms with van der Waals surface area (Å²) in [6.07, 6.45) is 6.82. The Morgan fingerprint density at radius 3 is 2.62 bits per heavy atom. The molecule has 0 spiro atoms. The second-order valence-electron chi connectivity index (χ2n) is 11.9. The summed E-state index contributed by atoms with van der Waals surface area (Å²) in [4.78, 5) is 27.8. The van der Waals surface area contributed by atoms with E-state index in [1.54, 1.807) is 0 Å². The zero-order valence-electron chi connectivity index (χ0n) is 19.7. The largest absolute Gasteiger partial charge is 0.350 e. The lowest BCUT2D eigenvalue weighted by molar-refractivity contribution is -0.133. The third-order valence-corrected chi connectivity index (χ3v) is 8.14. The number of nitrogens with zero attached hydrogens (tertiary/aromatic N) is 1. The summed E-state index contributed by atoms with van der Waals surface area (Å²) in [5, 5.41) is 5.72. The highest BCUT2D eigenvalue weighted by Crippen LogP contribution is 2.52. The molecule has 1 N–H and O–H groups in total. The molecule has 3 aliphatic rings. The highest BCUT2D eigenvalue weighted by molar-refractivity contribution is 5.83. The Hall–Kier alpha value is -2.36. The van der Waals surface area contributed by atoms with Gasteiger partial charge < -0.3 is 10.2 Å². The van der Waals surface area contributed by atoms with Crippen molar-refractivity contribution < 1.29 is 9.59 Å². The van der Waals surface area contributed by atoms with Crippen LogP contribution in [0.4, 0.5) is 0 Å². The van der Waals surface area contributed by atoms with Crippen molar-refractivity contribution in [1.29, 1.82) is 0 Å². The third-order valence-electron chi connectivity index (χ3n) is 8.14. The fraction of sp³-hybridized carbons (Fsp3) is 0.571. The lowest BCUT2D eigenvalue weighted by Gasteiger charge is -2.39. The van der Waals surface area contributed by atoms with E-state index in [0.717, 1.165) is 32.2 Å². The lowest BCUT2D eigenvalue weighted by Crippen LogP contribution is -2.45. The molecule has 3 fully saturated rings. The zero-order chi connectivity index (χ0) is 22.6. The molecule has 32 heavy (non-hydrogen) atoms. The van der Waals surface area contributed by atoms with Gasteiger partial charge in [0.15, 0.2) is 0 Å². The van der Waals surface area contributed by atoms with Gasteiger partial charge in [0.25, 0.3) is 0 Å². The quantitative estimate of drug-likeness (QED) is 0.703. The number of rotatable bonds is 5. The zero-order valence-corrected chi connectivity index (χ0v) is 19.7. The molecule has 2 aromatic rings. The molecule has 2 saturated heterocycles. The van der Waals surface area contributed by atoms with Crippen LogP contribution in [-0.2, 0) is 16.0 Å². The standard InChI is InChI=1S/C28H36N2O2/c1-26(2)16-23-17-27(3,18-26)19-30(23)25(32)11-13-28(12-10-24(31)29-28)15-20-8-9-21-6-4-5-7-22(21)14-20/h4-9,14,23H,10-13,15-19H2,1-3H3,(H,29,31)/t23-,27+,28-/m0/s1. The van der Waals surface area contributed by atoms with E-state index < -0.39 is 0 Å². The van der Waals surface area contributed by atoms with Gasteiger partial charge in [0.05, 0.1) is 0 Å². The van der Waals surface area contributed by atoms with E-state index in [2.05, 4.69) is 73.5 Å². The summed E-state index contributed by atoms with van der Waals surface area (Å²) >= 11 is 0. The van der Waals surface area contributed by atoms with E-state index in [4.69, 9.17) is 0 Å². The van der Waals surface area contributed by atoms with Gasteiger partial charge in [-0.05, 0) is 65.7 Å². The summed E-state index contributed by atoms with van der Waals surface area (Å²) < 4.78 is 0. The van der Waals surface area contributed by atoms with E-state index in [1.165, 1.54) is 22.8 Å². The maximum Gasteiger partial charge on any atom is 0.222 e. The van der Waals surface area contributed by atoms with Gasteiger partial charge >= 0.3 is 0 Å². The number of likely N-dealkylation sites (tertiary alicyclic amines) is 1. The molecule has 2 heterocycles. The van der Waals surface area contributed by atoms with E-state index >= 15 is 0 Å². The first-order valence-electron chi connectivity index (χ1n) is 12.2. The molecule has 4 heteroatoms. The SMILES string of the molecule is CC1(C)C[C@H]2C[C@@](C)(CN2C(=O)CC[C@]2(Cc3ccc4ccccc4c3)CCC(=O)N2)C1. The first-order valence-corrected chi connectivity index (χ1v) is 12.2. The van der Waals surface area contributed by atoms with Gasteiger partial charge in [0.2, 0.25) is 11.8 Å². The summed E-state index contributed by atoms with van der Waals surface area (Å²) in [5.41, 5.74) is 1.48. The molecular formula is C28H36N2O2. The van der Waals surface area contributed by atoms with E-state index in [0.29, 0.717) is 30.7 Å². The van der Waals surface area contributed by atoms with Gasteiger partial charge in [-0.2, -0.15) is 0 Å². The number of carbonyl (C=O) groups excluding carboxylic acids is 2. The van der Waals surface area contributed by atoms with Crippen molar-refractivity contribution >= 4 is 22.6 Å². The van der Waals surface area contributed by atoms with Crippen LogP contribution in [-0.4, -0.2) is 34.8 Å². The number of fused-ring (bicyclic) bond motifs is 3. The minimum atomic E-state index is -0.312. The molecule has 170 valence electrons. The van der Waals surface area contributed by atoms with E-state index in [1.807, 2.05) is 0 Å². The van der Waals surface area contributed by atoms with Gasteiger partial charge in [-0.25, -0.2) is 0 Å². The highest BCUT2D eigenvalue weighted by Gasteiger charge is 2.51. The fourth-order valence-corrected chi connectivity index (χ4v) is 7.16. The van der Waals surface area contributed by atoms with Crippen LogP contribution >= 0.6 is 0 Å². The molecule has 0 unspecified atom stereocenters. The summed E-state index contributed by atoms with van der Waals surface area (Å²) in [6.45, 7) is 7.94. The van der Waals surface area contributed by atoms with Crippen LogP contribution in [0.5, 0.6) is 0 Å². The first-order chi connectivity index (χ1) is 15.1. The second-order valence-corrected chi connectivity index (χ2v) is 11.9. The Balaban J connectivity index is 1.30. The van der Waals surface area contributed by atoms with Crippen LogP contribution in [0.1, 0.15) is 71.3 Å². The number of hydrogen-bond donors (Lipinski definition) is 1. The van der Waals surface area contributed by atoms with Crippen LogP contribution in [0, 0.1) is 10.8 Å². The van der Waals surface area contributed by atoms with Crippen LogP contribution in [0.15, 0.2) is 42.5 Å². The number of nitrogens with one attached hydrogen (secondary N) is 1. The Bertz CT molecular complexity index is 1060. The van der Waals surface area contributed by atoms with Crippen molar-refractivity contribution in [2.75, 3.05) is 6.54 Å². The van der Waals surface area contributed by atoms with Crippen molar-refractivity contribution in [2.45, 2.75) is 83.7 Å². The Morgan fingerprint density at radius 2 is 1.88 bits per heavy atom. The summed E-state index contributed by atoms with van der Waals surface area (Å²) in [6, 6.07) is 15.3. The predicted octanol–water partition coefficient (Wildman–Crippen LogP) is 5.24. The molecule has 5 rings (SSSR count). The molecule has 2 aliphatic heterocycles. The minimum Gasteiger partial charge on any atom is -0.350 e. The normalized spacial score (nSPS) is 31.2. The molecule has 2 bridgehead atoms. The number of hydrogen-bond acceptors (Lipinski definition) is 2. The van der Waals surface area contributed by atoms with Crippen molar-refractivity contribution in [1.82, 2.24) is 10.2 Å². The molecule has 1 saturated carbocycles. The van der Waals surface area contributed by atoms with Gasteiger partial charge in [0.1, 0.15) is 0 Å². The van der Waals surface area contributed by atoms with Gasteiger partial charge in [-0.1, -0.05) is 63.2 Å². The highest BCUT2D eigenvalue weighted by atomic mass is 16.2. The van der Waals surface area contributed by atoms with Crippen molar-refractivity contribution in [3.05, 3.63) is 48.0 Å². The molecule has 0 radical (unpaired) electrons. The summed E-state index contributed by atoms with van der Waals surface area (Å²) in [7, 11) is 0. The molecule has 1 aliphatic carbocycles. The monoisotopic (exact) mass is 432 g/mol. The van der Waals surface area contributed by atoms with Crippen LogP contribution in [0.2, 0.25) is 0 Å². The molecular weight excluding hydrogens is 396 g/mol. The molecule has 0 aromatic heterocycles. The summed E-state index contributed by atoms with van der Waals surface area (Å²) in [5.74, 6) is 0.389. The topological polar surface area (TPSA) is 49.4 Å². The third kappa shape index (κ3) is 4.16. The van der Waals surface area contributed by atoms with Crippen molar-refractivity contribution in [2.24, 2.45) is 10.8 Å². The Labute approximate surface area is 191 Å². The first kappa shape index (κ1) is 21.5. The smallest absolute Gasteiger partial charge is 0.222 e. The predicted molar refractivity (Wildman–Crippen MR) is 128 cm³/mol. The lowest BCUT2D eigenvalue weighted by atomic mass is 9.65. The molecule has 2 aromatic carbocycles. The van der Waals surface area contributed by atoms with Crippen molar-refractivity contribution in [3.8, 4) is 0 Å². The van der Waals surface area contributed by atoms with Crippen LogP contribution in [0.3, 0.4) is 0 Å². The maximum absolute atomic E-state index is 13.4. The molecule has 3 atom stereocenters. The van der Waals surface area contributed by atoms with E-state index in [-0.39, 0.29) is 22.8 Å². The molecule has 4 nitrogen and oxygen atoms in total. The average Bonchev–Trinajstić information content (AvgIpc) is 3.21. The average molecular weight is 433 g/mol. The molecule has 2 amide bonds. The van der Waals surface area contributed by atoms with E-state index in [9.17, 15) is 9.59 Å². The van der Waals surface area contributed by atoms with Crippen molar-refractivity contribution in [3.63, 3.8) is 0 Å². The number of carbonyl (C=O) groups is 2. The number of benzene rings is 2. The minimum absolute atomic E-state index is 0.115. The number of amides is 2. The van der Waals surface area contributed by atoms with Gasteiger partial charge in [0, 0.05) is 31.0 Å². The van der Waals surface area contributed by atoms with Crippen LogP contribution in [0.25, 0.3) is 10.8 Å².